The quantitative estimate of drug-likeness (QED) is 0.263. The lowest BCUT2D eigenvalue weighted by molar-refractivity contribution is -0.164. The zero-order valence-electron chi connectivity index (χ0n) is 6.34. The number of esters is 1. The van der Waals surface area contributed by atoms with Gasteiger partial charge in [0.2, 0.25) is 0 Å². The first-order chi connectivity index (χ1) is 5.31. The summed E-state index contributed by atoms with van der Waals surface area (Å²) in [5.41, 5.74) is 0. The lowest BCUT2D eigenvalue weighted by Crippen LogP contribution is -2.10. The Labute approximate surface area is 70.4 Å². The van der Waals surface area contributed by atoms with Crippen LogP contribution in [0, 0.1) is 0 Å². The molecule has 0 aromatic heterocycles. The summed E-state index contributed by atoms with van der Waals surface area (Å²) >= 11 is 5.13. The second kappa shape index (κ2) is 7.78. The minimum Gasteiger partial charge on any atom is -0.437 e. The number of alkyl halides is 1. The maximum absolute atomic E-state index is 10.4. The van der Waals surface area contributed by atoms with E-state index in [4.69, 9.17) is 21.1 Å². The summed E-state index contributed by atoms with van der Waals surface area (Å²) in [6, 6.07) is 0. The molecule has 0 aliphatic carbocycles. The molecule has 0 aliphatic heterocycles. The first-order valence-corrected chi connectivity index (χ1v) is 3.71. The largest absolute Gasteiger partial charge is 0.437 e. The highest BCUT2D eigenvalue weighted by Crippen LogP contribution is 1.84. The van der Waals surface area contributed by atoms with Crippen molar-refractivity contribution < 1.29 is 19.0 Å². The molecule has 0 bridgehead atoms. The Morgan fingerprint density at radius 1 is 1.36 bits per heavy atom. The van der Waals surface area contributed by atoms with Crippen molar-refractivity contribution in [2.75, 3.05) is 26.1 Å². The summed E-state index contributed by atoms with van der Waals surface area (Å²) in [4.78, 5) is 10.4. The van der Waals surface area contributed by atoms with E-state index in [1.54, 1.807) is 0 Å². The van der Waals surface area contributed by atoms with Crippen LogP contribution in [0.15, 0.2) is 0 Å². The summed E-state index contributed by atoms with van der Waals surface area (Å²) < 4.78 is 14.0. The lowest BCUT2D eigenvalue weighted by Gasteiger charge is -2.03. The fourth-order valence-corrected chi connectivity index (χ4v) is 0.399. The van der Waals surface area contributed by atoms with Crippen LogP contribution in [0.3, 0.4) is 0 Å². The van der Waals surface area contributed by atoms with Gasteiger partial charge in [-0.2, -0.15) is 0 Å². The van der Waals surface area contributed by atoms with Crippen LogP contribution in [0.5, 0.6) is 0 Å². The Morgan fingerprint density at radius 2 is 2.09 bits per heavy atom. The van der Waals surface area contributed by atoms with Crippen molar-refractivity contribution in [2.24, 2.45) is 0 Å². The van der Waals surface area contributed by atoms with E-state index >= 15 is 0 Å². The van der Waals surface area contributed by atoms with Crippen molar-refractivity contribution in [1.29, 1.82) is 0 Å². The Balaban J connectivity index is 2.95. The van der Waals surface area contributed by atoms with Gasteiger partial charge < -0.3 is 14.2 Å². The number of rotatable bonds is 6. The maximum Gasteiger partial charge on any atom is 0.322 e. The molecule has 0 saturated heterocycles. The van der Waals surface area contributed by atoms with Crippen molar-refractivity contribution in [1.82, 2.24) is 0 Å². The van der Waals surface area contributed by atoms with Crippen LogP contribution in [0.4, 0.5) is 0 Å². The van der Waals surface area contributed by atoms with Crippen LogP contribution in [0.2, 0.25) is 0 Å². The fraction of sp³-hybridized carbons (Fsp3) is 0.833. The average Bonchev–Trinajstić information content (AvgIpc) is 2.04. The number of hydrogen-bond acceptors (Lipinski definition) is 4. The molecular weight excluding hydrogens is 172 g/mol. The van der Waals surface area contributed by atoms with Gasteiger partial charge in [-0.15, -0.1) is 11.6 Å². The molecular formula is C6H11ClO4. The molecule has 0 aliphatic rings. The van der Waals surface area contributed by atoms with Gasteiger partial charge in [-0.3, -0.25) is 4.79 Å². The van der Waals surface area contributed by atoms with Gasteiger partial charge in [0.25, 0.3) is 0 Å². The van der Waals surface area contributed by atoms with Gasteiger partial charge in [0.15, 0.2) is 13.6 Å². The molecule has 11 heavy (non-hydrogen) atoms. The van der Waals surface area contributed by atoms with E-state index in [0.717, 1.165) is 0 Å². The molecule has 0 amide bonds. The first-order valence-electron chi connectivity index (χ1n) is 3.18. The second-order valence-electron chi connectivity index (χ2n) is 1.58. The van der Waals surface area contributed by atoms with E-state index < -0.39 is 5.97 Å². The summed E-state index contributed by atoms with van der Waals surface area (Å²) in [5, 5.41) is 0. The highest BCUT2D eigenvalue weighted by molar-refractivity contribution is 6.26. The number of halogens is 1. The minimum atomic E-state index is -0.497. The summed E-state index contributed by atoms with van der Waals surface area (Å²) in [6.07, 6.45) is 0. The van der Waals surface area contributed by atoms with Crippen LogP contribution in [-0.4, -0.2) is 32.0 Å². The molecule has 66 valence electrons. The maximum atomic E-state index is 10.4. The van der Waals surface area contributed by atoms with Crippen LogP contribution >= 0.6 is 11.6 Å². The zero-order valence-corrected chi connectivity index (χ0v) is 7.10. The van der Waals surface area contributed by atoms with Gasteiger partial charge in [-0.05, 0) is 6.92 Å². The summed E-state index contributed by atoms with van der Waals surface area (Å²) in [5.74, 6) is -0.652. The second-order valence-corrected chi connectivity index (χ2v) is 1.85. The van der Waals surface area contributed by atoms with Crippen LogP contribution in [-0.2, 0) is 19.0 Å². The molecule has 0 spiro atoms. The van der Waals surface area contributed by atoms with Gasteiger partial charge in [0.05, 0.1) is 0 Å². The molecule has 0 fully saturated rings. The van der Waals surface area contributed by atoms with Crippen molar-refractivity contribution in [2.45, 2.75) is 6.92 Å². The Bertz CT molecular complexity index is 107. The van der Waals surface area contributed by atoms with E-state index in [0.29, 0.717) is 6.61 Å². The van der Waals surface area contributed by atoms with Crippen molar-refractivity contribution in [3.05, 3.63) is 0 Å². The highest BCUT2D eigenvalue weighted by atomic mass is 35.5. The predicted molar refractivity (Wildman–Crippen MR) is 39.3 cm³/mol. The van der Waals surface area contributed by atoms with E-state index in [2.05, 4.69) is 4.74 Å². The molecule has 0 radical (unpaired) electrons. The summed E-state index contributed by atoms with van der Waals surface area (Å²) in [6.45, 7) is 2.44. The zero-order chi connectivity index (χ0) is 8.53. The fourth-order valence-electron chi connectivity index (χ4n) is 0.322. The van der Waals surface area contributed by atoms with Crippen LogP contribution in [0.1, 0.15) is 6.92 Å². The topological polar surface area (TPSA) is 44.8 Å². The molecule has 0 heterocycles. The molecule has 5 heteroatoms. The molecule has 0 aromatic rings. The van der Waals surface area contributed by atoms with Gasteiger partial charge in [0, 0.05) is 6.61 Å². The Kier molecular flexibility index (Phi) is 7.56. The Morgan fingerprint density at radius 3 is 2.64 bits per heavy atom. The van der Waals surface area contributed by atoms with Crippen LogP contribution < -0.4 is 0 Å². The third-order valence-electron chi connectivity index (χ3n) is 0.783. The summed E-state index contributed by atoms with van der Waals surface area (Å²) in [7, 11) is 0. The average molecular weight is 183 g/mol. The predicted octanol–water partition coefficient (Wildman–Crippen LogP) is 0.736. The van der Waals surface area contributed by atoms with Crippen LogP contribution in [0.25, 0.3) is 0 Å². The molecule has 0 saturated carbocycles. The monoisotopic (exact) mass is 182 g/mol. The van der Waals surface area contributed by atoms with E-state index in [-0.39, 0.29) is 19.5 Å². The van der Waals surface area contributed by atoms with E-state index in [1.165, 1.54) is 0 Å². The third kappa shape index (κ3) is 7.58. The molecule has 0 rings (SSSR count). The van der Waals surface area contributed by atoms with E-state index in [1.807, 2.05) is 6.92 Å². The minimum absolute atomic E-state index is 0.106. The Hall–Kier alpha value is -0.320. The van der Waals surface area contributed by atoms with Gasteiger partial charge in [-0.25, -0.2) is 0 Å². The number of carbonyl (C=O) groups is 1. The molecule has 0 unspecified atom stereocenters. The van der Waals surface area contributed by atoms with Gasteiger partial charge in [0.1, 0.15) is 5.88 Å². The van der Waals surface area contributed by atoms with E-state index in [9.17, 15) is 4.79 Å². The first kappa shape index (κ1) is 10.7. The standard InChI is InChI=1S/C6H11ClO4/c1-2-9-4-10-5-11-6(8)3-7/h2-5H2,1H3. The SMILES string of the molecule is CCOCOCOC(=O)CCl. The van der Waals surface area contributed by atoms with Crippen molar-refractivity contribution in [3.63, 3.8) is 0 Å². The normalized spacial score (nSPS) is 9.64. The van der Waals surface area contributed by atoms with Crippen molar-refractivity contribution >= 4 is 17.6 Å². The molecule has 4 nitrogen and oxygen atoms in total. The van der Waals surface area contributed by atoms with Crippen molar-refractivity contribution in [3.8, 4) is 0 Å². The number of ether oxygens (including phenoxy) is 3. The highest BCUT2D eigenvalue weighted by Gasteiger charge is 1.97. The number of hydrogen-bond donors (Lipinski definition) is 0. The van der Waals surface area contributed by atoms with Gasteiger partial charge in [-0.1, -0.05) is 0 Å². The smallest absolute Gasteiger partial charge is 0.322 e. The lowest BCUT2D eigenvalue weighted by atomic mass is 10.8. The molecule has 0 atom stereocenters. The number of carbonyl (C=O) groups excluding carboxylic acids is 1. The van der Waals surface area contributed by atoms with Gasteiger partial charge >= 0.3 is 5.97 Å². The molecule has 0 aromatic carbocycles. The molecule has 0 N–H and O–H groups in total. The third-order valence-corrected chi connectivity index (χ3v) is 1.00.